The highest BCUT2D eigenvalue weighted by Gasteiger charge is 2.35. The van der Waals surface area contributed by atoms with E-state index in [9.17, 15) is 14.0 Å². The average Bonchev–Trinajstić information content (AvgIpc) is 2.82. The van der Waals surface area contributed by atoms with E-state index in [0.717, 1.165) is 17.3 Å². The van der Waals surface area contributed by atoms with E-state index in [4.69, 9.17) is 4.74 Å². The van der Waals surface area contributed by atoms with Crippen molar-refractivity contribution in [2.45, 2.75) is 58.7 Å². The molecule has 0 unspecified atom stereocenters. The second kappa shape index (κ2) is 10.2. The van der Waals surface area contributed by atoms with Crippen molar-refractivity contribution in [3.05, 3.63) is 83.1 Å². The van der Waals surface area contributed by atoms with Gasteiger partial charge in [0.15, 0.2) is 0 Å². The van der Waals surface area contributed by atoms with Gasteiger partial charge in [0.05, 0.1) is 24.0 Å². The molecule has 1 aliphatic rings. The molecule has 2 amide bonds. The van der Waals surface area contributed by atoms with Crippen LogP contribution in [0.5, 0.6) is 0 Å². The Bertz CT molecular complexity index is 1300. The fourth-order valence-corrected chi connectivity index (χ4v) is 4.36. The lowest BCUT2D eigenvalue weighted by Gasteiger charge is -2.40. The Labute approximate surface area is 216 Å². The Morgan fingerprint density at radius 1 is 1.14 bits per heavy atom. The van der Waals surface area contributed by atoms with Crippen molar-refractivity contribution < 1.29 is 18.7 Å². The van der Waals surface area contributed by atoms with Crippen LogP contribution in [0.25, 0.3) is 0 Å². The second-order valence-corrected chi connectivity index (χ2v) is 10.8. The zero-order valence-electron chi connectivity index (χ0n) is 21.8. The van der Waals surface area contributed by atoms with Gasteiger partial charge in [0.1, 0.15) is 17.2 Å². The highest BCUT2D eigenvalue weighted by atomic mass is 19.1. The third-order valence-electron chi connectivity index (χ3n) is 5.97. The van der Waals surface area contributed by atoms with Crippen LogP contribution in [0.4, 0.5) is 20.7 Å². The number of fused-ring (bicyclic) bond motifs is 1. The predicted molar refractivity (Wildman–Crippen MR) is 140 cm³/mol. The molecule has 0 aliphatic carbocycles. The van der Waals surface area contributed by atoms with Gasteiger partial charge in [-0.25, -0.2) is 14.2 Å². The topological polar surface area (TPSA) is 96.5 Å². The standard InChI is InChI=1S/C28H32FN5O3/c1-27(2,3)37-26(36)34-16-18-13-20(10-11-23(18)28(4,5)17-34)33-25(35)22-7-6-12-30-24(22)32-15-21-9-8-19(29)14-31-21/h6-14H,15-17H2,1-5H3,(H,30,32)(H,33,35). The number of benzene rings is 1. The molecule has 3 heterocycles. The molecule has 0 saturated heterocycles. The van der Waals surface area contributed by atoms with E-state index in [1.165, 1.54) is 6.07 Å². The molecule has 0 spiro atoms. The van der Waals surface area contributed by atoms with Crippen LogP contribution < -0.4 is 10.6 Å². The van der Waals surface area contributed by atoms with Crippen molar-refractivity contribution in [2.24, 2.45) is 0 Å². The molecule has 2 aromatic heterocycles. The lowest BCUT2D eigenvalue weighted by Crippen LogP contribution is -2.46. The fraction of sp³-hybridized carbons (Fsp3) is 0.357. The van der Waals surface area contributed by atoms with Gasteiger partial charge in [-0.3, -0.25) is 9.78 Å². The zero-order valence-corrected chi connectivity index (χ0v) is 21.8. The number of hydrogen-bond acceptors (Lipinski definition) is 6. The lowest BCUT2D eigenvalue weighted by molar-refractivity contribution is 0.0174. The first-order chi connectivity index (χ1) is 17.4. The summed E-state index contributed by atoms with van der Waals surface area (Å²) < 4.78 is 18.7. The second-order valence-electron chi connectivity index (χ2n) is 10.8. The minimum absolute atomic E-state index is 0.276. The molecular formula is C28H32FN5O3. The highest BCUT2D eigenvalue weighted by molar-refractivity contribution is 6.07. The maximum atomic E-state index is 13.2. The number of ether oxygens (including phenoxy) is 1. The van der Waals surface area contributed by atoms with Gasteiger partial charge in [-0.2, -0.15) is 0 Å². The van der Waals surface area contributed by atoms with Gasteiger partial charge in [-0.1, -0.05) is 19.9 Å². The largest absolute Gasteiger partial charge is 0.444 e. The highest BCUT2D eigenvalue weighted by Crippen LogP contribution is 2.35. The Balaban J connectivity index is 1.50. The minimum Gasteiger partial charge on any atom is -0.444 e. The molecule has 3 aromatic rings. The molecule has 1 aliphatic heterocycles. The quantitative estimate of drug-likeness (QED) is 0.475. The number of carbonyl (C=O) groups excluding carboxylic acids is 2. The van der Waals surface area contributed by atoms with Crippen molar-refractivity contribution >= 4 is 23.5 Å². The van der Waals surface area contributed by atoms with E-state index in [1.807, 2.05) is 39.0 Å². The number of nitrogens with one attached hydrogen (secondary N) is 2. The van der Waals surface area contributed by atoms with Crippen LogP contribution in [0.3, 0.4) is 0 Å². The summed E-state index contributed by atoms with van der Waals surface area (Å²) in [7, 11) is 0. The van der Waals surface area contributed by atoms with Crippen LogP contribution >= 0.6 is 0 Å². The summed E-state index contributed by atoms with van der Waals surface area (Å²) in [5.74, 6) is -0.354. The van der Waals surface area contributed by atoms with Gasteiger partial charge in [0.25, 0.3) is 5.91 Å². The van der Waals surface area contributed by atoms with E-state index in [1.54, 1.807) is 29.3 Å². The molecule has 194 valence electrons. The summed E-state index contributed by atoms with van der Waals surface area (Å²) in [6.07, 6.45) is 2.37. The van der Waals surface area contributed by atoms with Crippen LogP contribution in [0.15, 0.2) is 54.9 Å². The number of amides is 2. The number of aromatic nitrogens is 2. The molecule has 2 N–H and O–H groups in total. The number of carbonyl (C=O) groups is 2. The molecule has 8 nitrogen and oxygen atoms in total. The normalized spacial score (nSPS) is 14.5. The van der Waals surface area contributed by atoms with E-state index in [-0.39, 0.29) is 24.0 Å². The summed E-state index contributed by atoms with van der Waals surface area (Å²) >= 11 is 0. The Morgan fingerprint density at radius 2 is 1.92 bits per heavy atom. The molecule has 9 heteroatoms. The summed E-state index contributed by atoms with van der Waals surface area (Å²) in [6.45, 7) is 10.9. The van der Waals surface area contributed by atoms with Crippen LogP contribution in [-0.2, 0) is 23.2 Å². The molecule has 4 rings (SSSR count). The fourth-order valence-electron chi connectivity index (χ4n) is 4.36. The Hall–Kier alpha value is -4.01. The number of hydrogen-bond donors (Lipinski definition) is 2. The first-order valence-corrected chi connectivity index (χ1v) is 12.1. The first-order valence-electron chi connectivity index (χ1n) is 12.1. The van der Waals surface area contributed by atoms with Crippen molar-refractivity contribution in [3.8, 4) is 0 Å². The molecule has 0 atom stereocenters. The van der Waals surface area contributed by atoms with Crippen LogP contribution in [0.2, 0.25) is 0 Å². The molecule has 37 heavy (non-hydrogen) atoms. The van der Waals surface area contributed by atoms with Gasteiger partial charge < -0.3 is 20.3 Å². The monoisotopic (exact) mass is 505 g/mol. The van der Waals surface area contributed by atoms with E-state index in [0.29, 0.717) is 35.9 Å². The maximum Gasteiger partial charge on any atom is 0.410 e. The number of pyridine rings is 2. The van der Waals surface area contributed by atoms with Crippen LogP contribution in [0.1, 0.15) is 61.8 Å². The molecule has 0 bridgehead atoms. The Kier molecular flexibility index (Phi) is 7.16. The summed E-state index contributed by atoms with van der Waals surface area (Å²) in [5, 5.41) is 6.04. The first kappa shape index (κ1) is 26.1. The van der Waals surface area contributed by atoms with Gasteiger partial charge in [0.2, 0.25) is 0 Å². The van der Waals surface area contributed by atoms with Crippen LogP contribution in [0, 0.1) is 5.82 Å². The third-order valence-corrected chi connectivity index (χ3v) is 5.97. The zero-order chi connectivity index (χ0) is 26.8. The average molecular weight is 506 g/mol. The number of rotatable bonds is 5. The summed E-state index contributed by atoms with van der Waals surface area (Å²) in [6, 6.07) is 12.0. The molecule has 0 saturated carbocycles. The smallest absolute Gasteiger partial charge is 0.410 e. The van der Waals surface area contributed by atoms with Crippen molar-refractivity contribution in [1.29, 1.82) is 0 Å². The molecule has 0 fully saturated rings. The van der Waals surface area contributed by atoms with Gasteiger partial charge in [-0.05, 0) is 68.3 Å². The molecular weight excluding hydrogens is 473 g/mol. The van der Waals surface area contributed by atoms with E-state index < -0.39 is 11.4 Å². The van der Waals surface area contributed by atoms with Crippen molar-refractivity contribution in [1.82, 2.24) is 14.9 Å². The lowest BCUT2D eigenvalue weighted by atomic mass is 9.78. The third kappa shape index (κ3) is 6.41. The molecule has 0 radical (unpaired) electrons. The van der Waals surface area contributed by atoms with Gasteiger partial charge in [-0.15, -0.1) is 0 Å². The van der Waals surface area contributed by atoms with Gasteiger partial charge in [0, 0.05) is 30.4 Å². The minimum atomic E-state index is -0.584. The predicted octanol–water partition coefficient (Wildman–Crippen LogP) is 5.51. The van der Waals surface area contributed by atoms with E-state index >= 15 is 0 Å². The number of nitrogens with zero attached hydrogens (tertiary/aromatic N) is 3. The van der Waals surface area contributed by atoms with E-state index in [2.05, 4.69) is 34.4 Å². The van der Waals surface area contributed by atoms with Crippen molar-refractivity contribution in [2.75, 3.05) is 17.2 Å². The van der Waals surface area contributed by atoms with Crippen LogP contribution in [-0.4, -0.2) is 39.0 Å². The molecule has 1 aromatic carbocycles. The number of halogens is 1. The summed E-state index contributed by atoms with van der Waals surface area (Å²) in [5.41, 5.74) is 2.80. The van der Waals surface area contributed by atoms with Gasteiger partial charge >= 0.3 is 6.09 Å². The SMILES string of the molecule is CC(C)(C)OC(=O)N1Cc2cc(NC(=O)c3cccnc3NCc3ccc(F)cn3)ccc2C(C)(C)C1. The maximum absolute atomic E-state index is 13.2. The van der Waals surface area contributed by atoms with Crippen molar-refractivity contribution in [3.63, 3.8) is 0 Å². The Morgan fingerprint density at radius 3 is 2.62 bits per heavy atom. The number of anilines is 2. The summed E-state index contributed by atoms with van der Waals surface area (Å²) in [4.78, 5) is 36.0.